The third kappa shape index (κ3) is 5.48. The van der Waals surface area contributed by atoms with Gasteiger partial charge in [0.1, 0.15) is 5.82 Å². The molecule has 0 aliphatic heterocycles. The number of aryl methyl sites for hydroxylation is 2. The molecule has 0 unspecified atom stereocenters. The van der Waals surface area contributed by atoms with E-state index in [1.165, 1.54) is 11.8 Å². The van der Waals surface area contributed by atoms with E-state index in [1.54, 1.807) is 11.6 Å². The summed E-state index contributed by atoms with van der Waals surface area (Å²) >= 11 is 1.28. The van der Waals surface area contributed by atoms with Crippen LogP contribution in [0.4, 0.5) is 11.4 Å². The zero-order valence-electron chi connectivity index (χ0n) is 17.3. The molecule has 0 bridgehead atoms. The van der Waals surface area contributed by atoms with Crippen LogP contribution in [-0.4, -0.2) is 32.3 Å². The van der Waals surface area contributed by atoms with Crippen molar-refractivity contribution in [1.29, 1.82) is 0 Å². The molecular formula is C22H25N5O2S. The Hall–Kier alpha value is -3.13. The van der Waals surface area contributed by atoms with Gasteiger partial charge in [-0.3, -0.25) is 9.59 Å². The molecule has 0 saturated carbocycles. The highest BCUT2D eigenvalue weighted by Crippen LogP contribution is 2.19. The summed E-state index contributed by atoms with van der Waals surface area (Å²) in [6.07, 6.45) is 0.948. The number of rotatable bonds is 8. The quantitative estimate of drug-likeness (QED) is 0.541. The van der Waals surface area contributed by atoms with Crippen molar-refractivity contribution < 1.29 is 9.59 Å². The van der Waals surface area contributed by atoms with Gasteiger partial charge in [-0.2, -0.15) is 0 Å². The Morgan fingerprint density at radius 1 is 0.967 bits per heavy atom. The summed E-state index contributed by atoms with van der Waals surface area (Å²) in [5.41, 5.74) is 3.70. The number of carbonyl (C=O) groups excluding carboxylic acids is 2. The van der Waals surface area contributed by atoms with Crippen LogP contribution < -0.4 is 10.6 Å². The molecule has 1 heterocycles. The SMILES string of the molecule is CCc1ccccc1NC(=O)Cc1nnc(SCC(=O)Nc2ccccc2C)n1C. The number of para-hydroxylation sites is 2. The maximum atomic E-state index is 12.4. The smallest absolute Gasteiger partial charge is 0.234 e. The molecule has 0 atom stereocenters. The van der Waals surface area contributed by atoms with Gasteiger partial charge in [-0.25, -0.2) is 0 Å². The highest BCUT2D eigenvalue weighted by Gasteiger charge is 2.15. The van der Waals surface area contributed by atoms with E-state index in [0.29, 0.717) is 11.0 Å². The number of hydrogen-bond donors (Lipinski definition) is 2. The lowest BCUT2D eigenvalue weighted by Crippen LogP contribution is -2.18. The summed E-state index contributed by atoms with van der Waals surface area (Å²) in [6, 6.07) is 15.4. The fourth-order valence-electron chi connectivity index (χ4n) is 2.94. The molecule has 0 fully saturated rings. The third-order valence-electron chi connectivity index (χ3n) is 4.67. The molecule has 0 radical (unpaired) electrons. The molecule has 8 heteroatoms. The van der Waals surface area contributed by atoms with E-state index in [0.717, 1.165) is 28.9 Å². The van der Waals surface area contributed by atoms with Gasteiger partial charge in [-0.1, -0.05) is 55.1 Å². The summed E-state index contributed by atoms with van der Waals surface area (Å²) in [5.74, 6) is 0.479. The number of aromatic nitrogens is 3. The van der Waals surface area contributed by atoms with Gasteiger partial charge in [0.05, 0.1) is 12.2 Å². The number of hydrogen-bond acceptors (Lipinski definition) is 5. The zero-order valence-corrected chi connectivity index (χ0v) is 18.1. The molecule has 156 valence electrons. The number of thioether (sulfide) groups is 1. The molecule has 30 heavy (non-hydrogen) atoms. The zero-order chi connectivity index (χ0) is 21.5. The number of anilines is 2. The van der Waals surface area contributed by atoms with Gasteiger partial charge < -0.3 is 15.2 Å². The number of nitrogens with zero attached hydrogens (tertiary/aromatic N) is 3. The maximum Gasteiger partial charge on any atom is 0.234 e. The molecule has 2 N–H and O–H groups in total. The number of nitrogens with one attached hydrogen (secondary N) is 2. The Labute approximate surface area is 180 Å². The topological polar surface area (TPSA) is 88.9 Å². The number of benzene rings is 2. The third-order valence-corrected chi connectivity index (χ3v) is 5.69. The van der Waals surface area contributed by atoms with Crippen LogP contribution >= 0.6 is 11.8 Å². The molecule has 3 rings (SSSR count). The monoisotopic (exact) mass is 423 g/mol. The van der Waals surface area contributed by atoms with E-state index in [2.05, 4.69) is 20.8 Å². The minimum absolute atomic E-state index is 0.109. The Morgan fingerprint density at radius 3 is 2.37 bits per heavy atom. The van der Waals surface area contributed by atoms with Crippen molar-refractivity contribution in [3.05, 3.63) is 65.5 Å². The van der Waals surface area contributed by atoms with Gasteiger partial charge in [0.25, 0.3) is 0 Å². The van der Waals surface area contributed by atoms with Gasteiger partial charge in [-0.15, -0.1) is 10.2 Å². The molecule has 0 saturated heterocycles. The van der Waals surface area contributed by atoms with Crippen molar-refractivity contribution in [3.63, 3.8) is 0 Å². The summed E-state index contributed by atoms with van der Waals surface area (Å²) in [7, 11) is 1.80. The fourth-order valence-corrected chi connectivity index (χ4v) is 3.67. The number of carbonyl (C=O) groups is 2. The largest absolute Gasteiger partial charge is 0.325 e. The lowest BCUT2D eigenvalue weighted by molar-refractivity contribution is -0.116. The Balaban J connectivity index is 1.56. The summed E-state index contributed by atoms with van der Waals surface area (Å²) in [4.78, 5) is 24.7. The van der Waals surface area contributed by atoms with Gasteiger partial charge >= 0.3 is 0 Å². The van der Waals surface area contributed by atoms with E-state index < -0.39 is 0 Å². The predicted molar refractivity (Wildman–Crippen MR) is 120 cm³/mol. The minimum Gasteiger partial charge on any atom is -0.325 e. The van der Waals surface area contributed by atoms with Gasteiger partial charge in [0.2, 0.25) is 11.8 Å². The van der Waals surface area contributed by atoms with Crippen LogP contribution in [0.2, 0.25) is 0 Å². The minimum atomic E-state index is -0.153. The van der Waals surface area contributed by atoms with Crippen molar-refractivity contribution >= 4 is 35.0 Å². The van der Waals surface area contributed by atoms with Crippen molar-refractivity contribution in [1.82, 2.24) is 14.8 Å². The summed E-state index contributed by atoms with van der Waals surface area (Å²) in [5, 5.41) is 14.7. The van der Waals surface area contributed by atoms with Crippen LogP contribution in [0.3, 0.4) is 0 Å². The predicted octanol–water partition coefficient (Wildman–Crippen LogP) is 3.60. The van der Waals surface area contributed by atoms with E-state index in [4.69, 9.17) is 0 Å². The Kier molecular flexibility index (Phi) is 7.24. The van der Waals surface area contributed by atoms with E-state index in [1.807, 2.05) is 62.4 Å². The average molecular weight is 424 g/mol. The highest BCUT2D eigenvalue weighted by atomic mass is 32.2. The molecule has 2 aromatic carbocycles. The Morgan fingerprint density at radius 2 is 1.63 bits per heavy atom. The van der Waals surface area contributed by atoms with Crippen LogP contribution in [0.5, 0.6) is 0 Å². The van der Waals surface area contributed by atoms with Crippen LogP contribution in [0.25, 0.3) is 0 Å². The average Bonchev–Trinajstić information content (AvgIpc) is 3.08. The maximum absolute atomic E-state index is 12.4. The van der Waals surface area contributed by atoms with Crippen molar-refractivity contribution in [2.24, 2.45) is 7.05 Å². The van der Waals surface area contributed by atoms with Crippen molar-refractivity contribution in [2.75, 3.05) is 16.4 Å². The second-order valence-electron chi connectivity index (χ2n) is 6.85. The van der Waals surface area contributed by atoms with E-state index in [-0.39, 0.29) is 24.0 Å². The lowest BCUT2D eigenvalue weighted by Gasteiger charge is -2.10. The second-order valence-corrected chi connectivity index (χ2v) is 7.79. The second kappa shape index (κ2) is 10.1. The van der Waals surface area contributed by atoms with Crippen LogP contribution in [-0.2, 0) is 29.5 Å². The summed E-state index contributed by atoms with van der Waals surface area (Å²) in [6.45, 7) is 3.99. The standard InChI is InChI=1S/C22H25N5O2S/c1-4-16-10-6-8-12-18(16)24-20(28)13-19-25-26-22(27(19)3)30-14-21(29)23-17-11-7-5-9-15(17)2/h5-12H,4,13-14H2,1-3H3,(H,23,29)(H,24,28). The van der Waals surface area contributed by atoms with Gasteiger partial charge in [0.15, 0.2) is 5.16 Å². The molecule has 0 aliphatic rings. The van der Waals surface area contributed by atoms with E-state index >= 15 is 0 Å². The molecule has 1 aromatic heterocycles. The molecule has 7 nitrogen and oxygen atoms in total. The van der Waals surface area contributed by atoms with Gasteiger partial charge in [0, 0.05) is 18.4 Å². The molecular weight excluding hydrogens is 398 g/mol. The first-order chi connectivity index (χ1) is 14.5. The van der Waals surface area contributed by atoms with Crippen LogP contribution in [0.15, 0.2) is 53.7 Å². The van der Waals surface area contributed by atoms with Gasteiger partial charge in [-0.05, 0) is 36.6 Å². The van der Waals surface area contributed by atoms with Crippen LogP contribution in [0, 0.1) is 6.92 Å². The van der Waals surface area contributed by atoms with Crippen molar-refractivity contribution in [3.8, 4) is 0 Å². The summed E-state index contributed by atoms with van der Waals surface area (Å²) < 4.78 is 1.75. The van der Waals surface area contributed by atoms with Crippen molar-refractivity contribution in [2.45, 2.75) is 31.8 Å². The Bertz CT molecular complexity index is 1050. The fraction of sp³-hybridized carbons (Fsp3) is 0.273. The molecule has 2 amide bonds. The van der Waals surface area contributed by atoms with Crippen LogP contribution in [0.1, 0.15) is 23.9 Å². The first-order valence-electron chi connectivity index (χ1n) is 9.72. The normalized spacial score (nSPS) is 10.6. The highest BCUT2D eigenvalue weighted by molar-refractivity contribution is 7.99. The van der Waals surface area contributed by atoms with E-state index in [9.17, 15) is 9.59 Å². The first-order valence-corrected chi connectivity index (χ1v) is 10.7. The first kappa shape index (κ1) is 21.6. The number of amides is 2. The lowest BCUT2D eigenvalue weighted by atomic mass is 10.1. The molecule has 0 aliphatic carbocycles. The molecule has 0 spiro atoms. The molecule has 3 aromatic rings.